The van der Waals surface area contributed by atoms with Gasteiger partial charge in [-0.2, -0.15) is 4.98 Å². The minimum absolute atomic E-state index is 0.0767. The number of halogens is 1. The molecule has 1 aromatic carbocycles. The molecule has 10 heteroatoms. The van der Waals surface area contributed by atoms with Crippen molar-refractivity contribution in [1.82, 2.24) is 9.97 Å². The summed E-state index contributed by atoms with van der Waals surface area (Å²) in [6.45, 7) is 0. The molecule has 21 heavy (non-hydrogen) atoms. The summed E-state index contributed by atoms with van der Waals surface area (Å²) in [5, 5.41) is 10.8. The van der Waals surface area contributed by atoms with Gasteiger partial charge in [-0.05, 0) is 6.07 Å². The summed E-state index contributed by atoms with van der Waals surface area (Å²) >= 11 is 3.18. The molecule has 0 saturated heterocycles. The van der Waals surface area contributed by atoms with E-state index in [2.05, 4.69) is 31.3 Å². The van der Waals surface area contributed by atoms with Crippen molar-refractivity contribution < 1.29 is 14.4 Å². The van der Waals surface area contributed by atoms with E-state index in [1.54, 1.807) is 6.07 Å². The molecular weight excluding hydrogens is 346 g/mol. The number of anilines is 1. The van der Waals surface area contributed by atoms with Gasteiger partial charge >= 0.3 is 0 Å². The van der Waals surface area contributed by atoms with Gasteiger partial charge in [-0.3, -0.25) is 10.1 Å². The number of hydrogen-bond acceptors (Lipinski definition) is 8. The van der Waals surface area contributed by atoms with Gasteiger partial charge in [0.2, 0.25) is 5.75 Å². The molecule has 0 atom stereocenters. The average Bonchev–Trinajstić information content (AvgIpc) is 2.46. The molecule has 9 nitrogen and oxygen atoms in total. The number of methoxy groups -OCH3 is 1. The molecule has 2 aromatic rings. The average molecular weight is 356 g/mol. The van der Waals surface area contributed by atoms with Gasteiger partial charge in [0, 0.05) is 10.5 Å². The van der Waals surface area contributed by atoms with Gasteiger partial charge in [0.25, 0.3) is 11.6 Å². The van der Waals surface area contributed by atoms with E-state index in [0.717, 1.165) is 0 Å². The maximum absolute atomic E-state index is 10.8. The number of hydrogen-bond donors (Lipinski definition) is 2. The van der Waals surface area contributed by atoms with Crippen molar-refractivity contribution in [2.75, 3.05) is 12.5 Å². The molecule has 0 radical (unpaired) electrons. The Kier molecular flexibility index (Phi) is 4.50. The molecule has 0 amide bonds. The first-order valence-electron chi connectivity index (χ1n) is 5.53. The Labute approximate surface area is 127 Å². The Morgan fingerprint density at radius 1 is 1.38 bits per heavy atom. The van der Waals surface area contributed by atoms with Crippen molar-refractivity contribution in [3.63, 3.8) is 0 Å². The van der Waals surface area contributed by atoms with Crippen LogP contribution in [0, 0.1) is 10.1 Å². The number of nitrogens with one attached hydrogen (secondary N) is 1. The number of nitro groups is 1. The Bertz CT molecular complexity index is 682. The number of ether oxygens (including phenoxy) is 2. The fourth-order valence-corrected chi connectivity index (χ4v) is 2.00. The van der Waals surface area contributed by atoms with Crippen LogP contribution in [0.4, 0.5) is 11.5 Å². The fourth-order valence-electron chi connectivity index (χ4n) is 1.54. The first-order chi connectivity index (χ1) is 10.0. The molecule has 0 unspecified atom stereocenters. The first-order valence-corrected chi connectivity index (χ1v) is 6.33. The molecule has 0 saturated carbocycles. The van der Waals surface area contributed by atoms with Gasteiger partial charge < -0.3 is 14.9 Å². The number of nitro benzene ring substituents is 1. The number of aromatic nitrogens is 2. The monoisotopic (exact) mass is 355 g/mol. The summed E-state index contributed by atoms with van der Waals surface area (Å²) < 4.78 is 11.1. The van der Waals surface area contributed by atoms with Gasteiger partial charge in [0.05, 0.1) is 18.1 Å². The summed E-state index contributed by atoms with van der Waals surface area (Å²) in [4.78, 5) is 18.1. The SMILES string of the molecule is COc1c(NN)ncnc1Oc1cc(Br)cc([N+](=O)[O-])c1. The van der Waals surface area contributed by atoms with E-state index >= 15 is 0 Å². The highest BCUT2D eigenvalue weighted by molar-refractivity contribution is 9.10. The van der Waals surface area contributed by atoms with E-state index in [-0.39, 0.29) is 28.9 Å². The van der Waals surface area contributed by atoms with Crippen LogP contribution in [0.3, 0.4) is 0 Å². The predicted molar refractivity (Wildman–Crippen MR) is 77.3 cm³/mol. The zero-order chi connectivity index (χ0) is 15.4. The molecule has 0 bridgehead atoms. The van der Waals surface area contributed by atoms with Crippen LogP contribution in [0.5, 0.6) is 17.4 Å². The second kappa shape index (κ2) is 6.33. The highest BCUT2D eigenvalue weighted by Crippen LogP contribution is 2.35. The van der Waals surface area contributed by atoms with Gasteiger partial charge in [-0.15, -0.1) is 0 Å². The van der Waals surface area contributed by atoms with E-state index in [9.17, 15) is 10.1 Å². The zero-order valence-electron chi connectivity index (χ0n) is 10.7. The van der Waals surface area contributed by atoms with Crippen LogP contribution >= 0.6 is 15.9 Å². The van der Waals surface area contributed by atoms with E-state index in [1.165, 1.54) is 25.6 Å². The van der Waals surface area contributed by atoms with Crippen LogP contribution in [0.25, 0.3) is 0 Å². The van der Waals surface area contributed by atoms with Crippen molar-refractivity contribution in [2.45, 2.75) is 0 Å². The van der Waals surface area contributed by atoms with Gasteiger partial charge in [-0.25, -0.2) is 10.8 Å². The predicted octanol–water partition coefficient (Wildman–Crippen LogP) is 2.23. The lowest BCUT2D eigenvalue weighted by Gasteiger charge is -2.11. The standard InChI is InChI=1S/C11H10BrN5O4/c1-20-9-10(16-13)14-5-15-11(9)21-8-3-6(12)2-7(4-8)17(18)19/h2-5H,13H2,1H3,(H,14,15,16). The van der Waals surface area contributed by atoms with Gasteiger partial charge in [0.1, 0.15) is 12.1 Å². The van der Waals surface area contributed by atoms with Crippen LogP contribution in [0.1, 0.15) is 0 Å². The fraction of sp³-hybridized carbons (Fsp3) is 0.0909. The normalized spacial score (nSPS) is 10.0. The van der Waals surface area contributed by atoms with Gasteiger partial charge in [-0.1, -0.05) is 15.9 Å². The summed E-state index contributed by atoms with van der Waals surface area (Å²) in [5.74, 6) is 6.01. The topological polar surface area (TPSA) is 125 Å². The van der Waals surface area contributed by atoms with Crippen LogP contribution in [0.2, 0.25) is 0 Å². The van der Waals surface area contributed by atoms with Crippen LogP contribution < -0.4 is 20.7 Å². The molecule has 1 aromatic heterocycles. The number of benzene rings is 1. The lowest BCUT2D eigenvalue weighted by atomic mass is 10.3. The Hall–Kier alpha value is -2.46. The summed E-state index contributed by atoms with van der Waals surface area (Å²) in [6.07, 6.45) is 1.22. The minimum atomic E-state index is -0.526. The molecule has 0 fully saturated rings. The number of non-ortho nitro benzene ring substituents is 1. The summed E-state index contributed by atoms with van der Waals surface area (Å²) in [6, 6.07) is 4.18. The molecular formula is C11H10BrN5O4. The minimum Gasteiger partial charge on any atom is -0.489 e. The smallest absolute Gasteiger partial charge is 0.274 e. The number of rotatable bonds is 5. The van der Waals surface area contributed by atoms with Gasteiger partial charge in [0.15, 0.2) is 5.82 Å². The summed E-state index contributed by atoms with van der Waals surface area (Å²) in [5.41, 5.74) is 2.22. The highest BCUT2D eigenvalue weighted by atomic mass is 79.9. The molecule has 1 heterocycles. The molecule has 0 aliphatic heterocycles. The van der Waals surface area contributed by atoms with E-state index in [4.69, 9.17) is 15.3 Å². The van der Waals surface area contributed by atoms with Crippen molar-refractivity contribution in [1.29, 1.82) is 0 Å². The number of hydrazine groups is 1. The number of nitrogens with zero attached hydrogens (tertiary/aromatic N) is 3. The Balaban J connectivity index is 2.40. The van der Waals surface area contributed by atoms with Crippen molar-refractivity contribution in [3.05, 3.63) is 39.1 Å². The van der Waals surface area contributed by atoms with E-state index in [0.29, 0.717) is 4.47 Å². The maximum atomic E-state index is 10.8. The number of nitrogens with two attached hydrogens (primary N) is 1. The third-order valence-electron chi connectivity index (χ3n) is 2.39. The molecule has 0 spiro atoms. The van der Waals surface area contributed by atoms with E-state index < -0.39 is 4.92 Å². The van der Waals surface area contributed by atoms with Crippen LogP contribution in [-0.4, -0.2) is 22.0 Å². The molecule has 0 aliphatic carbocycles. The molecule has 2 rings (SSSR count). The van der Waals surface area contributed by atoms with E-state index in [1.807, 2.05) is 0 Å². The first kappa shape index (κ1) is 14.9. The van der Waals surface area contributed by atoms with Crippen molar-refractivity contribution in [3.8, 4) is 17.4 Å². The second-order valence-electron chi connectivity index (χ2n) is 3.71. The quantitative estimate of drug-likeness (QED) is 0.475. The number of nitrogen functional groups attached to an aromatic ring is 1. The third-order valence-corrected chi connectivity index (χ3v) is 2.85. The van der Waals surface area contributed by atoms with Crippen LogP contribution in [0.15, 0.2) is 29.0 Å². The molecule has 3 N–H and O–H groups in total. The highest BCUT2D eigenvalue weighted by Gasteiger charge is 2.16. The lowest BCUT2D eigenvalue weighted by Crippen LogP contribution is -2.11. The Morgan fingerprint density at radius 3 is 2.76 bits per heavy atom. The molecule has 0 aliphatic rings. The molecule has 110 valence electrons. The van der Waals surface area contributed by atoms with Crippen LogP contribution in [-0.2, 0) is 0 Å². The van der Waals surface area contributed by atoms with Crippen molar-refractivity contribution >= 4 is 27.4 Å². The third kappa shape index (κ3) is 3.35. The van der Waals surface area contributed by atoms with Crippen molar-refractivity contribution in [2.24, 2.45) is 5.84 Å². The zero-order valence-corrected chi connectivity index (χ0v) is 12.3. The lowest BCUT2D eigenvalue weighted by molar-refractivity contribution is -0.385. The maximum Gasteiger partial charge on any atom is 0.274 e. The largest absolute Gasteiger partial charge is 0.489 e. The summed E-state index contributed by atoms with van der Waals surface area (Å²) in [7, 11) is 1.40. The Morgan fingerprint density at radius 2 is 2.14 bits per heavy atom. The second-order valence-corrected chi connectivity index (χ2v) is 4.62.